The minimum absolute atomic E-state index is 0.271. The zero-order chi connectivity index (χ0) is 11.6. The first kappa shape index (κ1) is 11.0. The number of aryl methyl sites for hydroxylation is 2. The molecule has 16 heavy (non-hydrogen) atoms. The zero-order valence-corrected chi connectivity index (χ0v) is 10.0. The molecule has 1 aromatic carbocycles. The van der Waals surface area contributed by atoms with Crippen LogP contribution in [0.5, 0.6) is 0 Å². The summed E-state index contributed by atoms with van der Waals surface area (Å²) in [4.78, 5) is 0. The van der Waals surface area contributed by atoms with Crippen molar-refractivity contribution in [2.45, 2.75) is 33.1 Å². The summed E-state index contributed by atoms with van der Waals surface area (Å²) in [7, 11) is 0. The predicted octanol–water partition coefficient (Wildman–Crippen LogP) is 3.41. The van der Waals surface area contributed by atoms with Gasteiger partial charge in [-0.1, -0.05) is 6.07 Å². The van der Waals surface area contributed by atoms with Crippen molar-refractivity contribution in [1.29, 1.82) is 5.26 Å². The number of hydrogen-bond acceptors (Lipinski definition) is 2. The Morgan fingerprint density at radius 1 is 1.31 bits per heavy atom. The molecule has 0 aromatic heterocycles. The Balaban J connectivity index is 1.95. The topological polar surface area (TPSA) is 35.8 Å². The molecule has 1 N–H and O–H groups in total. The highest BCUT2D eigenvalue weighted by atomic mass is 14.9. The summed E-state index contributed by atoms with van der Waals surface area (Å²) in [5.41, 5.74) is 4.08. The van der Waals surface area contributed by atoms with Gasteiger partial charge >= 0.3 is 0 Å². The van der Waals surface area contributed by atoms with Crippen LogP contribution in [0.15, 0.2) is 18.2 Å². The van der Waals surface area contributed by atoms with Gasteiger partial charge in [0.2, 0.25) is 0 Å². The average Bonchev–Trinajstić information content (AvgIpc) is 3.01. The van der Waals surface area contributed by atoms with E-state index in [-0.39, 0.29) is 5.41 Å². The molecule has 1 aliphatic rings. The van der Waals surface area contributed by atoms with Crippen LogP contribution in [0.25, 0.3) is 0 Å². The minimum Gasteiger partial charge on any atom is -0.384 e. The van der Waals surface area contributed by atoms with Crippen molar-refractivity contribution in [3.8, 4) is 6.07 Å². The van der Waals surface area contributed by atoms with E-state index in [1.54, 1.807) is 0 Å². The molecule has 0 spiro atoms. The highest BCUT2D eigenvalue weighted by Crippen LogP contribution is 2.48. The third kappa shape index (κ3) is 2.36. The Hall–Kier alpha value is -1.49. The van der Waals surface area contributed by atoms with E-state index in [4.69, 9.17) is 5.26 Å². The zero-order valence-electron chi connectivity index (χ0n) is 10.0. The van der Waals surface area contributed by atoms with Crippen LogP contribution in [0, 0.1) is 30.6 Å². The van der Waals surface area contributed by atoms with E-state index in [2.05, 4.69) is 43.4 Å². The molecule has 1 fully saturated rings. The smallest absolute Gasteiger partial charge is 0.0628 e. The van der Waals surface area contributed by atoms with Crippen LogP contribution >= 0.6 is 0 Å². The molecule has 0 aliphatic heterocycles. The molecular weight excluding hydrogens is 196 g/mol. The lowest BCUT2D eigenvalue weighted by Crippen LogP contribution is -2.14. The Bertz CT molecular complexity index is 425. The molecule has 0 saturated heterocycles. The number of nitrogens with zero attached hydrogens (tertiary/aromatic N) is 1. The summed E-state index contributed by atoms with van der Waals surface area (Å²) in [6.07, 6.45) is 3.07. The number of rotatable bonds is 4. The molecular formula is C14H18N2. The summed E-state index contributed by atoms with van der Waals surface area (Å²) in [6.45, 7) is 5.18. The minimum atomic E-state index is 0.271. The SMILES string of the molecule is Cc1ccc(NCC2(CC#N)CC2)cc1C. The molecule has 0 radical (unpaired) electrons. The van der Waals surface area contributed by atoms with Crippen LogP contribution in [0.1, 0.15) is 30.4 Å². The summed E-state index contributed by atoms with van der Waals surface area (Å²) >= 11 is 0. The third-order valence-corrected chi connectivity index (χ3v) is 3.59. The molecule has 1 aliphatic carbocycles. The van der Waals surface area contributed by atoms with E-state index >= 15 is 0 Å². The van der Waals surface area contributed by atoms with Gasteiger partial charge in [0.15, 0.2) is 0 Å². The molecule has 84 valence electrons. The number of nitrogens with one attached hydrogen (secondary N) is 1. The van der Waals surface area contributed by atoms with Crippen LogP contribution in [0.4, 0.5) is 5.69 Å². The second kappa shape index (κ2) is 4.17. The number of anilines is 1. The van der Waals surface area contributed by atoms with Crippen molar-refractivity contribution in [2.24, 2.45) is 5.41 Å². The summed E-state index contributed by atoms with van der Waals surface area (Å²) < 4.78 is 0. The molecule has 0 bridgehead atoms. The highest BCUT2D eigenvalue weighted by molar-refractivity contribution is 5.48. The average molecular weight is 214 g/mol. The van der Waals surface area contributed by atoms with Gasteiger partial charge in [-0.05, 0) is 49.9 Å². The Morgan fingerprint density at radius 2 is 2.06 bits per heavy atom. The fourth-order valence-electron chi connectivity index (χ4n) is 1.90. The van der Waals surface area contributed by atoms with E-state index in [1.807, 2.05) is 0 Å². The Labute approximate surface area is 97.3 Å². The van der Waals surface area contributed by atoms with Gasteiger partial charge in [-0.15, -0.1) is 0 Å². The fraction of sp³-hybridized carbons (Fsp3) is 0.500. The molecule has 0 atom stereocenters. The molecule has 0 heterocycles. The van der Waals surface area contributed by atoms with Gasteiger partial charge in [0, 0.05) is 24.1 Å². The number of benzene rings is 1. The fourth-order valence-corrected chi connectivity index (χ4v) is 1.90. The van der Waals surface area contributed by atoms with Crippen LogP contribution in [-0.2, 0) is 0 Å². The first-order valence-corrected chi connectivity index (χ1v) is 5.83. The Morgan fingerprint density at radius 3 is 2.62 bits per heavy atom. The van der Waals surface area contributed by atoms with E-state index in [0.29, 0.717) is 6.42 Å². The van der Waals surface area contributed by atoms with Gasteiger partial charge in [0.25, 0.3) is 0 Å². The normalized spacial score (nSPS) is 16.6. The molecule has 0 unspecified atom stereocenters. The predicted molar refractivity (Wildman–Crippen MR) is 66.3 cm³/mol. The maximum absolute atomic E-state index is 8.74. The van der Waals surface area contributed by atoms with Gasteiger partial charge in [-0.25, -0.2) is 0 Å². The first-order valence-electron chi connectivity index (χ1n) is 5.83. The maximum Gasteiger partial charge on any atom is 0.0628 e. The lowest BCUT2D eigenvalue weighted by Gasteiger charge is -2.14. The molecule has 0 amide bonds. The first-order chi connectivity index (χ1) is 7.65. The van der Waals surface area contributed by atoms with Crippen molar-refractivity contribution in [3.63, 3.8) is 0 Å². The molecule has 1 aromatic rings. The maximum atomic E-state index is 8.74. The quantitative estimate of drug-likeness (QED) is 0.833. The summed E-state index contributed by atoms with van der Waals surface area (Å²) in [6, 6.07) is 8.72. The van der Waals surface area contributed by atoms with Crippen LogP contribution in [0.2, 0.25) is 0 Å². The van der Waals surface area contributed by atoms with Gasteiger partial charge in [-0.3, -0.25) is 0 Å². The molecule has 2 heteroatoms. The largest absolute Gasteiger partial charge is 0.384 e. The van der Waals surface area contributed by atoms with Crippen molar-refractivity contribution in [2.75, 3.05) is 11.9 Å². The molecule has 2 rings (SSSR count). The monoisotopic (exact) mass is 214 g/mol. The highest BCUT2D eigenvalue weighted by Gasteiger charge is 2.42. The number of hydrogen-bond donors (Lipinski definition) is 1. The number of nitriles is 1. The van der Waals surface area contributed by atoms with Crippen LogP contribution < -0.4 is 5.32 Å². The van der Waals surface area contributed by atoms with E-state index in [1.165, 1.54) is 29.7 Å². The van der Waals surface area contributed by atoms with Crippen LogP contribution in [0.3, 0.4) is 0 Å². The van der Waals surface area contributed by atoms with E-state index < -0.39 is 0 Å². The van der Waals surface area contributed by atoms with E-state index in [0.717, 1.165) is 6.54 Å². The van der Waals surface area contributed by atoms with Gasteiger partial charge in [0.1, 0.15) is 0 Å². The summed E-state index contributed by atoms with van der Waals surface area (Å²) in [5.74, 6) is 0. The van der Waals surface area contributed by atoms with E-state index in [9.17, 15) is 0 Å². The second-order valence-corrected chi connectivity index (χ2v) is 4.99. The standard InChI is InChI=1S/C14H18N2/c1-11-3-4-13(9-12(11)2)16-10-14(5-6-14)7-8-15/h3-4,9,16H,5-7,10H2,1-2H3. The van der Waals surface area contributed by atoms with Crippen molar-refractivity contribution >= 4 is 5.69 Å². The second-order valence-electron chi connectivity index (χ2n) is 4.99. The van der Waals surface area contributed by atoms with Gasteiger partial charge in [-0.2, -0.15) is 5.26 Å². The molecule has 1 saturated carbocycles. The third-order valence-electron chi connectivity index (χ3n) is 3.59. The lowest BCUT2D eigenvalue weighted by atomic mass is 10.0. The van der Waals surface area contributed by atoms with Crippen LogP contribution in [-0.4, -0.2) is 6.54 Å². The van der Waals surface area contributed by atoms with Crippen molar-refractivity contribution in [3.05, 3.63) is 29.3 Å². The van der Waals surface area contributed by atoms with Gasteiger partial charge in [0.05, 0.1) is 6.07 Å². The summed E-state index contributed by atoms with van der Waals surface area (Å²) in [5, 5.41) is 12.2. The van der Waals surface area contributed by atoms with Gasteiger partial charge < -0.3 is 5.32 Å². The Kier molecular flexibility index (Phi) is 2.87. The lowest BCUT2D eigenvalue weighted by molar-refractivity contribution is 0.557. The van der Waals surface area contributed by atoms with Crippen molar-refractivity contribution in [1.82, 2.24) is 0 Å². The molecule has 2 nitrogen and oxygen atoms in total. The van der Waals surface area contributed by atoms with Crippen molar-refractivity contribution < 1.29 is 0 Å².